The molecule has 26 heavy (non-hydrogen) atoms. The van der Waals surface area contributed by atoms with E-state index in [9.17, 15) is 26.4 Å². The number of piperidine rings is 1. The summed E-state index contributed by atoms with van der Waals surface area (Å²) in [5.41, 5.74) is 0.176. The molecular formula is C17H23F3N2O3S. The van der Waals surface area contributed by atoms with E-state index in [1.54, 1.807) is 6.92 Å². The van der Waals surface area contributed by atoms with Crippen LogP contribution < -0.4 is 4.72 Å². The zero-order valence-electron chi connectivity index (χ0n) is 14.7. The van der Waals surface area contributed by atoms with Gasteiger partial charge in [0.15, 0.2) is 0 Å². The lowest BCUT2D eigenvalue weighted by atomic mass is 9.97. The quantitative estimate of drug-likeness (QED) is 0.837. The molecule has 0 spiro atoms. The molecule has 1 aromatic rings. The van der Waals surface area contributed by atoms with Crippen molar-refractivity contribution in [1.29, 1.82) is 0 Å². The van der Waals surface area contributed by atoms with E-state index in [2.05, 4.69) is 4.72 Å². The number of carbonyl (C=O) groups excluding carboxylic acids is 1. The van der Waals surface area contributed by atoms with Crippen molar-refractivity contribution in [2.75, 3.05) is 13.1 Å². The Morgan fingerprint density at radius 3 is 2.46 bits per heavy atom. The Hall–Kier alpha value is -1.61. The van der Waals surface area contributed by atoms with Crippen molar-refractivity contribution in [3.63, 3.8) is 0 Å². The molecule has 0 aliphatic carbocycles. The number of amides is 1. The molecule has 1 saturated heterocycles. The Bertz CT molecular complexity index is 733. The lowest BCUT2D eigenvalue weighted by Gasteiger charge is -2.33. The van der Waals surface area contributed by atoms with Crippen LogP contribution in [-0.4, -0.2) is 44.5 Å². The number of benzene rings is 1. The molecule has 0 aromatic heterocycles. The minimum absolute atomic E-state index is 0.0150. The van der Waals surface area contributed by atoms with E-state index in [1.165, 1.54) is 29.2 Å². The minimum atomic E-state index is -4.32. The second-order valence-electron chi connectivity index (χ2n) is 6.59. The number of likely N-dealkylation sites (tertiary alicyclic amines) is 1. The summed E-state index contributed by atoms with van der Waals surface area (Å²) in [7, 11) is -3.69. The first-order valence-corrected chi connectivity index (χ1v) is 10.0. The molecular weight excluding hydrogens is 369 g/mol. The third-order valence-corrected chi connectivity index (χ3v) is 6.16. The zero-order valence-corrected chi connectivity index (χ0v) is 15.5. The van der Waals surface area contributed by atoms with Gasteiger partial charge in [0.25, 0.3) is 5.91 Å². The number of hydrogen-bond donors (Lipinski definition) is 1. The Labute approximate surface area is 151 Å². The van der Waals surface area contributed by atoms with Gasteiger partial charge < -0.3 is 4.90 Å². The highest BCUT2D eigenvalue weighted by molar-refractivity contribution is 7.89. The van der Waals surface area contributed by atoms with Gasteiger partial charge in [0.1, 0.15) is 0 Å². The van der Waals surface area contributed by atoms with Crippen LogP contribution in [0.25, 0.3) is 0 Å². The third-order valence-electron chi connectivity index (χ3n) is 4.55. The Balaban J connectivity index is 2.11. The first-order chi connectivity index (χ1) is 12.0. The summed E-state index contributed by atoms with van der Waals surface area (Å²) < 4.78 is 65.6. The van der Waals surface area contributed by atoms with Crippen LogP contribution in [0, 0.1) is 5.92 Å². The molecule has 1 aliphatic rings. The maximum absolute atomic E-state index is 12.9. The molecule has 146 valence electrons. The van der Waals surface area contributed by atoms with Crippen LogP contribution in [0.1, 0.15) is 43.5 Å². The van der Waals surface area contributed by atoms with Gasteiger partial charge in [0.2, 0.25) is 10.0 Å². The molecule has 2 atom stereocenters. The predicted octanol–water partition coefficient (Wildman–Crippen LogP) is 3.18. The molecule has 1 aromatic carbocycles. The molecule has 0 radical (unpaired) electrons. The van der Waals surface area contributed by atoms with Crippen molar-refractivity contribution < 1.29 is 26.4 Å². The number of hydrogen-bond acceptors (Lipinski definition) is 3. The van der Waals surface area contributed by atoms with Crippen molar-refractivity contribution in [1.82, 2.24) is 9.62 Å². The second kappa shape index (κ2) is 7.96. The van der Waals surface area contributed by atoms with Crippen LogP contribution in [-0.2, 0) is 10.0 Å². The van der Waals surface area contributed by atoms with Crippen LogP contribution in [0.3, 0.4) is 0 Å². The van der Waals surface area contributed by atoms with E-state index in [4.69, 9.17) is 0 Å². The SMILES string of the molecule is CC[C@@H](C)NS(=O)(=O)c1ccc(C(=O)N2CCC[C@@H](C(F)(F)F)C2)cc1. The normalized spacial score (nSPS) is 20.0. The number of nitrogens with one attached hydrogen (secondary N) is 1. The van der Waals surface area contributed by atoms with Crippen LogP contribution in [0.5, 0.6) is 0 Å². The van der Waals surface area contributed by atoms with E-state index in [-0.39, 0.29) is 36.0 Å². The molecule has 1 heterocycles. The lowest BCUT2D eigenvalue weighted by molar-refractivity contribution is -0.184. The molecule has 1 fully saturated rings. The third kappa shape index (κ3) is 4.97. The van der Waals surface area contributed by atoms with Crippen molar-refractivity contribution in [3.05, 3.63) is 29.8 Å². The second-order valence-corrected chi connectivity index (χ2v) is 8.30. The first-order valence-electron chi connectivity index (χ1n) is 8.53. The summed E-state index contributed by atoms with van der Waals surface area (Å²) in [5, 5.41) is 0. The lowest BCUT2D eigenvalue weighted by Crippen LogP contribution is -2.44. The average molecular weight is 392 g/mol. The first kappa shape index (κ1) is 20.7. The fraction of sp³-hybridized carbons (Fsp3) is 0.588. The van der Waals surface area contributed by atoms with E-state index in [0.29, 0.717) is 12.8 Å². The number of alkyl halides is 3. The predicted molar refractivity (Wildman–Crippen MR) is 91.2 cm³/mol. The van der Waals surface area contributed by atoms with Gasteiger partial charge >= 0.3 is 6.18 Å². The van der Waals surface area contributed by atoms with Crippen LogP contribution in [0.2, 0.25) is 0 Å². The van der Waals surface area contributed by atoms with Gasteiger partial charge in [-0.15, -0.1) is 0 Å². The standard InChI is InChI=1S/C17H23F3N2O3S/c1-3-12(2)21-26(24,25)15-8-6-13(7-9-15)16(23)22-10-4-5-14(11-22)17(18,19)20/h6-9,12,14,21H,3-5,10-11H2,1-2H3/t12-,14-/m1/s1. The molecule has 2 rings (SSSR count). The van der Waals surface area contributed by atoms with E-state index in [0.717, 1.165) is 0 Å². The topological polar surface area (TPSA) is 66.5 Å². The molecule has 1 amide bonds. The highest BCUT2D eigenvalue weighted by Crippen LogP contribution is 2.33. The molecule has 0 bridgehead atoms. The average Bonchev–Trinajstić information content (AvgIpc) is 2.60. The molecule has 0 unspecified atom stereocenters. The summed E-state index contributed by atoms with van der Waals surface area (Å²) in [6.07, 6.45) is -3.38. The van der Waals surface area contributed by atoms with Crippen molar-refractivity contribution in [2.24, 2.45) is 5.92 Å². The van der Waals surface area contributed by atoms with Gasteiger partial charge in [0.05, 0.1) is 10.8 Å². The van der Waals surface area contributed by atoms with E-state index >= 15 is 0 Å². The largest absolute Gasteiger partial charge is 0.393 e. The monoisotopic (exact) mass is 392 g/mol. The highest BCUT2D eigenvalue weighted by atomic mass is 32.2. The van der Waals surface area contributed by atoms with Crippen LogP contribution >= 0.6 is 0 Å². The number of sulfonamides is 1. The number of halogens is 3. The van der Waals surface area contributed by atoms with Gasteiger partial charge in [-0.25, -0.2) is 13.1 Å². The van der Waals surface area contributed by atoms with Gasteiger partial charge in [-0.2, -0.15) is 13.2 Å². The van der Waals surface area contributed by atoms with Crippen molar-refractivity contribution >= 4 is 15.9 Å². The van der Waals surface area contributed by atoms with E-state index in [1.807, 2.05) is 6.92 Å². The fourth-order valence-electron chi connectivity index (χ4n) is 2.80. The Morgan fingerprint density at radius 2 is 1.92 bits per heavy atom. The highest BCUT2D eigenvalue weighted by Gasteiger charge is 2.42. The van der Waals surface area contributed by atoms with Crippen LogP contribution in [0.4, 0.5) is 13.2 Å². The van der Waals surface area contributed by atoms with Gasteiger partial charge in [-0.1, -0.05) is 6.92 Å². The molecule has 0 saturated carbocycles. The smallest absolute Gasteiger partial charge is 0.338 e. The fourth-order valence-corrected chi connectivity index (χ4v) is 4.13. The van der Waals surface area contributed by atoms with Crippen molar-refractivity contribution in [2.45, 2.75) is 50.2 Å². The molecule has 5 nitrogen and oxygen atoms in total. The number of rotatable bonds is 5. The molecule has 9 heteroatoms. The Morgan fingerprint density at radius 1 is 1.31 bits per heavy atom. The van der Waals surface area contributed by atoms with Crippen LogP contribution in [0.15, 0.2) is 29.2 Å². The maximum Gasteiger partial charge on any atom is 0.393 e. The van der Waals surface area contributed by atoms with Crippen molar-refractivity contribution in [3.8, 4) is 0 Å². The Kier molecular flexibility index (Phi) is 6.33. The molecule has 1 N–H and O–H groups in total. The summed E-state index contributed by atoms with van der Waals surface area (Å²) in [6.45, 7) is 3.49. The minimum Gasteiger partial charge on any atom is -0.338 e. The number of nitrogens with zero attached hydrogens (tertiary/aromatic N) is 1. The zero-order chi connectivity index (χ0) is 19.5. The van der Waals surface area contributed by atoms with Gasteiger partial charge in [-0.3, -0.25) is 4.79 Å². The van der Waals surface area contributed by atoms with Gasteiger partial charge in [0, 0.05) is 24.7 Å². The maximum atomic E-state index is 12.9. The van der Waals surface area contributed by atoms with Gasteiger partial charge in [-0.05, 0) is 50.5 Å². The summed E-state index contributed by atoms with van der Waals surface area (Å²) in [4.78, 5) is 13.6. The molecule has 1 aliphatic heterocycles. The van der Waals surface area contributed by atoms with E-state index < -0.39 is 28.0 Å². The summed E-state index contributed by atoms with van der Waals surface area (Å²) in [6, 6.07) is 5.04. The number of carbonyl (C=O) groups is 1. The summed E-state index contributed by atoms with van der Waals surface area (Å²) in [5.74, 6) is -2.03. The summed E-state index contributed by atoms with van der Waals surface area (Å²) >= 11 is 0.